The second-order valence-corrected chi connectivity index (χ2v) is 8.97. The Hall–Kier alpha value is -2.10. The zero-order valence-electron chi connectivity index (χ0n) is 13.8. The fourth-order valence-electron chi connectivity index (χ4n) is 2.32. The monoisotopic (exact) mass is 512 g/mol. The predicted molar refractivity (Wildman–Crippen MR) is 116 cm³/mol. The molecule has 0 heterocycles. The van der Waals surface area contributed by atoms with E-state index in [-0.39, 0.29) is 10.8 Å². The minimum absolute atomic E-state index is 0.0785. The Labute approximate surface area is 175 Å². The van der Waals surface area contributed by atoms with Crippen LogP contribution >= 0.6 is 34.2 Å². The molecular formula is C19H14ClIN2O3S. The fraction of sp³-hybridized carbons (Fsp3) is 0. The molecule has 0 radical (unpaired) electrons. The number of carbonyl (C=O) groups excluding carboxylic acids is 1. The van der Waals surface area contributed by atoms with E-state index < -0.39 is 10.0 Å². The first-order valence-electron chi connectivity index (χ1n) is 7.79. The molecule has 0 saturated heterocycles. The van der Waals surface area contributed by atoms with Crippen LogP contribution in [-0.4, -0.2) is 14.3 Å². The molecular weight excluding hydrogens is 499 g/mol. The van der Waals surface area contributed by atoms with E-state index in [4.69, 9.17) is 11.6 Å². The lowest BCUT2D eigenvalue weighted by molar-refractivity contribution is 0.102. The Morgan fingerprint density at radius 1 is 0.889 bits per heavy atom. The number of carbonyl (C=O) groups is 1. The third-order valence-corrected chi connectivity index (χ3v) is 5.89. The van der Waals surface area contributed by atoms with Gasteiger partial charge in [0.1, 0.15) is 0 Å². The molecule has 27 heavy (non-hydrogen) atoms. The summed E-state index contributed by atoms with van der Waals surface area (Å²) in [7, 11) is -3.76. The van der Waals surface area contributed by atoms with Gasteiger partial charge in [0.2, 0.25) is 0 Å². The number of hydrogen-bond donors (Lipinski definition) is 2. The minimum Gasteiger partial charge on any atom is -0.322 e. The predicted octanol–water partition coefficient (Wildman–Crippen LogP) is 5.00. The highest BCUT2D eigenvalue weighted by molar-refractivity contribution is 14.1. The summed E-state index contributed by atoms with van der Waals surface area (Å²) in [4.78, 5) is 12.3. The van der Waals surface area contributed by atoms with Crippen LogP contribution in [0.2, 0.25) is 5.02 Å². The molecule has 138 valence electrons. The Morgan fingerprint density at radius 3 is 2.26 bits per heavy atom. The Bertz CT molecular complexity index is 1090. The van der Waals surface area contributed by atoms with Gasteiger partial charge in [-0.1, -0.05) is 23.7 Å². The summed E-state index contributed by atoms with van der Waals surface area (Å²) < 4.78 is 28.3. The number of rotatable bonds is 5. The van der Waals surface area contributed by atoms with Crippen LogP contribution in [0, 0.1) is 3.57 Å². The molecule has 0 aromatic heterocycles. The lowest BCUT2D eigenvalue weighted by Gasteiger charge is -2.10. The molecule has 0 fully saturated rings. The maximum absolute atomic E-state index is 12.5. The summed E-state index contributed by atoms with van der Waals surface area (Å²) >= 11 is 8.01. The number of anilines is 2. The quantitative estimate of drug-likeness (QED) is 0.473. The first-order chi connectivity index (χ1) is 12.8. The number of halogens is 2. The second-order valence-electron chi connectivity index (χ2n) is 5.60. The van der Waals surface area contributed by atoms with Crippen molar-refractivity contribution in [3.63, 3.8) is 0 Å². The molecule has 5 nitrogen and oxygen atoms in total. The highest BCUT2D eigenvalue weighted by Gasteiger charge is 2.15. The number of sulfonamides is 1. The largest absolute Gasteiger partial charge is 0.322 e. The summed E-state index contributed by atoms with van der Waals surface area (Å²) in [6.07, 6.45) is 0. The molecule has 1 amide bonds. The maximum Gasteiger partial charge on any atom is 0.261 e. The van der Waals surface area contributed by atoms with Gasteiger partial charge in [0.05, 0.1) is 10.6 Å². The lowest BCUT2D eigenvalue weighted by Crippen LogP contribution is -2.14. The van der Waals surface area contributed by atoms with Crippen molar-refractivity contribution in [3.05, 3.63) is 87.0 Å². The summed E-state index contributed by atoms with van der Waals surface area (Å²) in [5.74, 6) is -0.263. The highest BCUT2D eigenvalue weighted by Crippen LogP contribution is 2.21. The second kappa shape index (κ2) is 8.28. The SMILES string of the molecule is O=C(Nc1ccc(S(=O)(=O)Nc2cccc(Cl)c2)cc1)c1cccc(I)c1. The summed E-state index contributed by atoms with van der Waals surface area (Å²) in [6, 6.07) is 19.6. The van der Waals surface area contributed by atoms with E-state index in [0.717, 1.165) is 3.57 Å². The standard InChI is InChI=1S/C19H14ClIN2O3S/c20-14-4-2-6-17(12-14)23-27(25,26)18-9-7-16(8-10-18)22-19(24)13-3-1-5-15(21)11-13/h1-12,23H,(H,22,24). The first-order valence-corrected chi connectivity index (χ1v) is 10.7. The molecule has 0 atom stereocenters. The van der Waals surface area contributed by atoms with Crippen molar-refractivity contribution in [2.24, 2.45) is 0 Å². The van der Waals surface area contributed by atoms with Crippen molar-refractivity contribution in [3.8, 4) is 0 Å². The Kier molecular flexibility index (Phi) is 6.03. The summed E-state index contributed by atoms with van der Waals surface area (Å²) in [5.41, 5.74) is 1.40. The van der Waals surface area contributed by atoms with E-state index in [1.54, 1.807) is 48.5 Å². The molecule has 0 spiro atoms. The molecule has 0 aliphatic heterocycles. The van der Waals surface area contributed by atoms with Crippen LogP contribution < -0.4 is 10.0 Å². The van der Waals surface area contributed by atoms with E-state index in [1.165, 1.54) is 18.2 Å². The summed E-state index contributed by atoms with van der Waals surface area (Å²) in [6.45, 7) is 0. The average Bonchev–Trinajstić information content (AvgIpc) is 2.62. The molecule has 0 aliphatic carbocycles. The number of nitrogens with one attached hydrogen (secondary N) is 2. The fourth-order valence-corrected chi connectivity index (χ4v) is 4.10. The normalized spacial score (nSPS) is 11.0. The van der Waals surface area contributed by atoms with Crippen molar-refractivity contribution < 1.29 is 13.2 Å². The van der Waals surface area contributed by atoms with Crippen LogP contribution in [-0.2, 0) is 10.0 Å². The molecule has 3 aromatic rings. The zero-order chi connectivity index (χ0) is 19.4. The average molecular weight is 513 g/mol. The molecule has 3 rings (SSSR count). The minimum atomic E-state index is -3.76. The van der Waals surface area contributed by atoms with E-state index in [9.17, 15) is 13.2 Å². The van der Waals surface area contributed by atoms with E-state index in [0.29, 0.717) is 22.0 Å². The van der Waals surface area contributed by atoms with E-state index in [1.807, 2.05) is 6.07 Å². The molecule has 0 unspecified atom stereocenters. The lowest BCUT2D eigenvalue weighted by atomic mass is 10.2. The van der Waals surface area contributed by atoms with Crippen LogP contribution in [0.4, 0.5) is 11.4 Å². The van der Waals surface area contributed by atoms with Gasteiger partial charge in [-0.15, -0.1) is 0 Å². The van der Waals surface area contributed by atoms with Gasteiger partial charge in [-0.25, -0.2) is 8.42 Å². The van der Waals surface area contributed by atoms with Crippen LogP contribution in [0.1, 0.15) is 10.4 Å². The topological polar surface area (TPSA) is 75.3 Å². The zero-order valence-corrected chi connectivity index (χ0v) is 17.5. The smallest absolute Gasteiger partial charge is 0.261 e. The van der Waals surface area contributed by atoms with Gasteiger partial charge >= 0.3 is 0 Å². The molecule has 0 bridgehead atoms. The first kappa shape index (κ1) is 19.7. The highest BCUT2D eigenvalue weighted by atomic mass is 127. The van der Waals surface area contributed by atoms with Crippen molar-refractivity contribution in [1.29, 1.82) is 0 Å². The van der Waals surface area contributed by atoms with E-state index >= 15 is 0 Å². The molecule has 0 aliphatic rings. The van der Waals surface area contributed by atoms with Gasteiger partial charge in [0, 0.05) is 19.8 Å². The van der Waals surface area contributed by atoms with Crippen LogP contribution in [0.15, 0.2) is 77.7 Å². The molecule has 2 N–H and O–H groups in total. The third-order valence-electron chi connectivity index (χ3n) is 3.59. The number of amides is 1. The van der Waals surface area contributed by atoms with Crippen LogP contribution in [0.3, 0.4) is 0 Å². The van der Waals surface area contributed by atoms with Crippen LogP contribution in [0.5, 0.6) is 0 Å². The van der Waals surface area contributed by atoms with Crippen molar-refractivity contribution >= 4 is 61.5 Å². The maximum atomic E-state index is 12.5. The Morgan fingerprint density at radius 2 is 1.59 bits per heavy atom. The van der Waals surface area contributed by atoms with Crippen molar-refractivity contribution in [2.45, 2.75) is 4.90 Å². The summed E-state index contributed by atoms with van der Waals surface area (Å²) in [5, 5.41) is 3.18. The van der Waals surface area contributed by atoms with Gasteiger partial charge in [-0.2, -0.15) is 0 Å². The van der Waals surface area contributed by atoms with Crippen LogP contribution in [0.25, 0.3) is 0 Å². The van der Waals surface area contributed by atoms with Gasteiger partial charge in [0.25, 0.3) is 15.9 Å². The van der Waals surface area contributed by atoms with E-state index in [2.05, 4.69) is 32.6 Å². The molecule has 0 saturated carbocycles. The molecule has 8 heteroatoms. The number of benzene rings is 3. The van der Waals surface area contributed by atoms with Gasteiger partial charge in [0.15, 0.2) is 0 Å². The van der Waals surface area contributed by atoms with Gasteiger partial charge < -0.3 is 5.32 Å². The Balaban J connectivity index is 1.73. The molecule has 3 aromatic carbocycles. The van der Waals surface area contributed by atoms with Gasteiger partial charge in [-0.05, 0) is 83.3 Å². The third kappa shape index (κ3) is 5.21. The van der Waals surface area contributed by atoms with Gasteiger partial charge in [-0.3, -0.25) is 9.52 Å². The number of hydrogen-bond acceptors (Lipinski definition) is 3. The van der Waals surface area contributed by atoms with Crippen molar-refractivity contribution in [2.75, 3.05) is 10.0 Å². The van der Waals surface area contributed by atoms with Crippen molar-refractivity contribution in [1.82, 2.24) is 0 Å².